The maximum atomic E-state index is 11.8. The highest BCUT2D eigenvalue weighted by molar-refractivity contribution is 7.22. The highest BCUT2D eigenvalue weighted by Gasteiger charge is 2.09. The number of benzene rings is 1. The van der Waals surface area contributed by atoms with Crippen molar-refractivity contribution in [2.75, 3.05) is 5.32 Å². The van der Waals surface area contributed by atoms with E-state index in [0.29, 0.717) is 5.13 Å². The molecule has 1 amide bonds. The minimum Gasteiger partial charge on any atom is -0.348 e. The fraction of sp³-hybridized carbons (Fsp3) is 0.154. The molecule has 0 bridgehead atoms. The van der Waals surface area contributed by atoms with Crippen LogP contribution < -0.4 is 5.32 Å². The van der Waals surface area contributed by atoms with E-state index in [-0.39, 0.29) is 12.3 Å². The molecule has 0 unspecified atom stereocenters. The molecule has 2 aromatic heterocycles. The zero-order chi connectivity index (χ0) is 13.2. The predicted octanol–water partition coefficient (Wildman–Crippen LogP) is 2.51. The number of nitrogens with one attached hydrogen (secondary N) is 2. The van der Waals surface area contributed by atoms with E-state index in [1.807, 2.05) is 19.1 Å². The Morgan fingerprint density at radius 1 is 1.47 bits per heavy atom. The number of aryl methyl sites for hydroxylation is 1. The first-order valence-corrected chi connectivity index (χ1v) is 6.66. The molecule has 0 atom stereocenters. The Kier molecular flexibility index (Phi) is 3.00. The van der Waals surface area contributed by atoms with Crippen LogP contribution in [0.4, 0.5) is 5.13 Å². The van der Waals surface area contributed by atoms with Gasteiger partial charge in [0.05, 0.1) is 23.0 Å². The standard InChI is InChI=1S/C13H12N4OS/c1-8-2-3-10-11(4-8)19-13(16-10)17-12(18)5-9-6-14-7-15-9/h2-4,6-7H,5H2,1H3,(H,14,15)(H,16,17,18). The van der Waals surface area contributed by atoms with E-state index in [1.54, 1.807) is 12.5 Å². The van der Waals surface area contributed by atoms with Crippen molar-refractivity contribution in [3.63, 3.8) is 0 Å². The van der Waals surface area contributed by atoms with Crippen molar-refractivity contribution in [3.8, 4) is 0 Å². The largest absolute Gasteiger partial charge is 0.348 e. The first kappa shape index (κ1) is 11.9. The Labute approximate surface area is 113 Å². The van der Waals surface area contributed by atoms with Gasteiger partial charge in [-0.1, -0.05) is 17.4 Å². The van der Waals surface area contributed by atoms with Crippen molar-refractivity contribution < 1.29 is 4.79 Å². The quantitative estimate of drug-likeness (QED) is 0.769. The molecule has 2 N–H and O–H groups in total. The number of hydrogen-bond donors (Lipinski definition) is 2. The fourth-order valence-electron chi connectivity index (χ4n) is 1.80. The number of aromatic amines is 1. The van der Waals surface area contributed by atoms with Gasteiger partial charge < -0.3 is 10.3 Å². The van der Waals surface area contributed by atoms with Crippen molar-refractivity contribution in [2.45, 2.75) is 13.3 Å². The third-order valence-electron chi connectivity index (χ3n) is 2.70. The minimum absolute atomic E-state index is 0.0972. The summed E-state index contributed by atoms with van der Waals surface area (Å²) in [5, 5.41) is 3.44. The Balaban J connectivity index is 1.76. The molecule has 0 aliphatic rings. The summed E-state index contributed by atoms with van der Waals surface area (Å²) in [5.74, 6) is -0.0972. The third kappa shape index (κ3) is 2.63. The molecule has 0 aliphatic heterocycles. The maximum absolute atomic E-state index is 11.8. The second-order valence-electron chi connectivity index (χ2n) is 4.29. The van der Waals surface area contributed by atoms with Crippen LogP contribution in [0, 0.1) is 6.92 Å². The van der Waals surface area contributed by atoms with Gasteiger partial charge in [0.25, 0.3) is 0 Å². The molecule has 0 fully saturated rings. The van der Waals surface area contributed by atoms with Gasteiger partial charge in [-0.25, -0.2) is 9.97 Å². The Morgan fingerprint density at radius 2 is 2.37 bits per heavy atom. The van der Waals surface area contributed by atoms with E-state index in [0.717, 1.165) is 15.9 Å². The van der Waals surface area contributed by atoms with Crippen LogP contribution in [0.1, 0.15) is 11.3 Å². The van der Waals surface area contributed by atoms with E-state index in [2.05, 4.69) is 26.3 Å². The van der Waals surface area contributed by atoms with Crippen LogP contribution in [0.15, 0.2) is 30.7 Å². The molecule has 3 aromatic rings. The molecule has 1 aromatic carbocycles. The maximum Gasteiger partial charge on any atom is 0.232 e. The van der Waals surface area contributed by atoms with Crippen LogP contribution in [0.5, 0.6) is 0 Å². The lowest BCUT2D eigenvalue weighted by Gasteiger charge is -1.98. The van der Waals surface area contributed by atoms with Crippen LogP contribution in [0.3, 0.4) is 0 Å². The predicted molar refractivity (Wildman–Crippen MR) is 75.3 cm³/mol. The van der Waals surface area contributed by atoms with Gasteiger partial charge >= 0.3 is 0 Å². The number of H-pyrrole nitrogens is 1. The summed E-state index contributed by atoms with van der Waals surface area (Å²) in [4.78, 5) is 23.0. The number of fused-ring (bicyclic) bond motifs is 1. The summed E-state index contributed by atoms with van der Waals surface area (Å²) < 4.78 is 1.08. The second-order valence-corrected chi connectivity index (χ2v) is 5.32. The number of carbonyl (C=O) groups is 1. The molecule has 5 nitrogen and oxygen atoms in total. The number of amides is 1. The summed E-state index contributed by atoms with van der Waals surface area (Å²) in [7, 11) is 0. The van der Waals surface area contributed by atoms with Gasteiger partial charge in [-0.3, -0.25) is 4.79 Å². The number of hydrogen-bond acceptors (Lipinski definition) is 4. The molecule has 0 saturated carbocycles. The highest BCUT2D eigenvalue weighted by Crippen LogP contribution is 2.26. The number of nitrogens with zero attached hydrogens (tertiary/aromatic N) is 2. The first-order chi connectivity index (χ1) is 9.20. The van der Waals surface area contributed by atoms with Gasteiger partial charge in [-0.05, 0) is 24.6 Å². The van der Waals surface area contributed by atoms with Crippen molar-refractivity contribution in [2.24, 2.45) is 0 Å². The lowest BCUT2D eigenvalue weighted by molar-refractivity contribution is -0.115. The Hall–Kier alpha value is -2.21. The minimum atomic E-state index is -0.0972. The number of rotatable bonds is 3. The highest BCUT2D eigenvalue weighted by atomic mass is 32.1. The van der Waals surface area contributed by atoms with Gasteiger partial charge in [0.15, 0.2) is 5.13 Å². The van der Waals surface area contributed by atoms with E-state index in [1.165, 1.54) is 16.9 Å². The first-order valence-electron chi connectivity index (χ1n) is 5.85. The molecule has 0 saturated heterocycles. The summed E-state index contributed by atoms with van der Waals surface area (Å²) in [6.07, 6.45) is 3.47. The van der Waals surface area contributed by atoms with Crippen molar-refractivity contribution >= 4 is 32.6 Å². The smallest absolute Gasteiger partial charge is 0.232 e. The number of anilines is 1. The van der Waals surface area contributed by atoms with Crippen LogP contribution in [0.25, 0.3) is 10.2 Å². The van der Waals surface area contributed by atoms with Crippen molar-refractivity contribution in [1.82, 2.24) is 15.0 Å². The monoisotopic (exact) mass is 272 g/mol. The lowest BCUT2D eigenvalue weighted by atomic mass is 10.2. The van der Waals surface area contributed by atoms with Crippen LogP contribution in [0.2, 0.25) is 0 Å². The second kappa shape index (κ2) is 4.81. The van der Waals surface area contributed by atoms with E-state index >= 15 is 0 Å². The van der Waals surface area contributed by atoms with Crippen molar-refractivity contribution in [3.05, 3.63) is 42.0 Å². The number of carbonyl (C=O) groups excluding carboxylic acids is 1. The summed E-state index contributed by atoms with van der Waals surface area (Å²) >= 11 is 1.48. The number of thiazole rings is 1. The topological polar surface area (TPSA) is 70.7 Å². The van der Waals surface area contributed by atoms with E-state index < -0.39 is 0 Å². The van der Waals surface area contributed by atoms with Crippen molar-refractivity contribution in [1.29, 1.82) is 0 Å². The fourth-order valence-corrected chi connectivity index (χ4v) is 2.78. The molecular weight excluding hydrogens is 260 g/mol. The molecule has 0 spiro atoms. The molecule has 2 heterocycles. The normalized spacial score (nSPS) is 10.8. The number of aromatic nitrogens is 3. The van der Waals surface area contributed by atoms with Gasteiger partial charge in [0.1, 0.15) is 0 Å². The SMILES string of the molecule is Cc1ccc2nc(NC(=O)Cc3cnc[nH]3)sc2c1. The van der Waals surface area contributed by atoms with Gasteiger partial charge in [-0.15, -0.1) is 0 Å². The molecule has 0 aliphatic carbocycles. The third-order valence-corrected chi connectivity index (χ3v) is 3.63. The lowest BCUT2D eigenvalue weighted by Crippen LogP contribution is -2.14. The van der Waals surface area contributed by atoms with Gasteiger partial charge in [-0.2, -0.15) is 0 Å². The van der Waals surface area contributed by atoms with E-state index in [4.69, 9.17) is 0 Å². The number of imidazole rings is 1. The molecule has 96 valence electrons. The van der Waals surface area contributed by atoms with E-state index in [9.17, 15) is 4.79 Å². The zero-order valence-corrected chi connectivity index (χ0v) is 11.1. The van der Waals surface area contributed by atoms with Gasteiger partial charge in [0.2, 0.25) is 5.91 Å². The summed E-state index contributed by atoms with van der Waals surface area (Å²) in [5.41, 5.74) is 2.88. The Bertz CT molecular complexity index is 717. The average molecular weight is 272 g/mol. The zero-order valence-electron chi connectivity index (χ0n) is 10.3. The molecule has 19 heavy (non-hydrogen) atoms. The van der Waals surface area contributed by atoms with Crippen LogP contribution in [-0.4, -0.2) is 20.9 Å². The molecule has 3 rings (SSSR count). The molecular formula is C13H12N4OS. The molecule has 0 radical (unpaired) electrons. The molecule has 6 heteroatoms. The summed E-state index contributed by atoms with van der Waals surface area (Å²) in [6, 6.07) is 6.04. The Morgan fingerprint density at radius 3 is 3.16 bits per heavy atom. The van der Waals surface area contributed by atoms with Crippen LogP contribution >= 0.6 is 11.3 Å². The van der Waals surface area contributed by atoms with Crippen LogP contribution in [-0.2, 0) is 11.2 Å². The van der Waals surface area contributed by atoms with Gasteiger partial charge in [0, 0.05) is 11.9 Å². The average Bonchev–Trinajstić information content (AvgIpc) is 2.97. The summed E-state index contributed by atoms with van der Waals surface area (Å²) in [6.45, 7) is 2.04.